The summed E-state index contributed by atoms with van der Waals surface area (Å²) < 4.78 is 32.9. The number of hydrogen-bond acceptors (Lipinski definition) is 5. The third-order valence-corrected chi connectivity index (χ3v) is 11.6. The van der Waals surface area contributed by atoms with E-state index in [9.17, 15) is 5.11 Å². The standard InChI is InChI=1S/C36H40F2N4OS2/c1-35(2)14-15-36(3,24-9-5-7-23(19-24)8-6-17-43)34-40-33(42(4)41-34)28-20-25(10-11-29(28)37)45-32-27(13-18-44-22-35)26-12-16-39-31(26)21-30(32)38/h5,7,9-12,16,19-21,39,43H,6,8,13-15,17-18,22H2,1-4H3/t36-/m1/s1. The van der Waals surface area contributed by atoms with Crippen molar-refractivity contribution in [3.05, 3.63) is 94.9 Å². The van der Waals surface area contributed by atoms with Gasteiger partial charge in [0.15, 0.2) is 11.6 Å². The Morgan fingerprint density at radius 1 is 1.02 bits per heavy atom. The monoisotopic (exact) mass is 646 g/mol. The number of thioether (sulfide) groups is 1. The minimum absolute atomic E-state index is 0.0215. The molecular formula is C36H40F2N4OS2. The highest BCUT2D eigenvalue weighted by atomic mass is 32.2. The lowest BCUT2D eigenvalue weighted by Crippen LogP contribution is -2.29. The Balaban J connectivity index is 1.48. The van der Waals surface area contributed by atoms with Crippen molar-refractivity contribution in [1.82, 2.24) is 19.7 Å². The van der Waals surface area contributed by atoms with Crippen LogP contribution in [0.15, 0.2) is 70.6 Å². The number of halogens is 2. The SMILES string of the molecule is Cn1nc2nc1-c1cc(ccc1F)Sc1c(F)cc3[nH]ccc3c1CCSCC(C)(C)CC[C@]2(C)c1cccc(CCCO)c1. The predicted octanol–water partition coefficient (Wildman–Crippen LogP) is 8.72. The van der Waals surface area contributed by atoms with Gasteiger partial charge in [-0.3, -0.25) is 0 Å². The molecule has 6 rings (SSSR count). The predicted molar refractivity (Wildman–Crippen MR) is 181 cm³/mol. The van der Waals surface area contributed by atoms with Gasteiger partial charge in [0.1, 0.15) is 11.6 Å². The summed E-state index contributed by atoms with van der Waals surface area (Å²) in [4.78, 5) is 9.53. The number of aliphatic hydroxyl groups is 1. The Hall–Kier alpha value is -3.14. The molecule has 0 amide bonds. The molecular weight excluding hydrogens is 607 g/mol. The molecule has 9 heteroatoms. The normalized spacial score (nSPS) is 18.9. The molecule has 3 heterocycles. The van der Waals surface area contributed by atoms with Gasteiger partial charge in [-0.15, -0.1) is 0 Å². The molecule has 0 radical (unpaired) electrons. The van der Waals surface area contributed by atoms with Crippen molar-refractivity contribution in [3.8, 4) is 11.4 Å². The molecule has 0 fully saturated rings. The van der Waals surface area contributed by atoms with Gasteiger partial charge in [-0.25, -0.2) is 18.4 Å². The van der Waals surface area contributed by atoms with Crippen LogP contribution < -0.4 is 0 Å². The van der Waals surface area contributed by atoms with Crippen LogP contribution in [-0.4, -0.2) is 43.0 Å². The van der Waals surface area contributed by atoms with Crippen molar-refractivity contribution in [2.45, 2.75) is 68.1 Å². The topological polar surface area (TPSA) is 66.7 Å². The molecule has 0 unspecified atom stereocenters. The molecule has 0 aliphatic carbocycles. The lowest BCUT2D eigenvalue weighted by Gasteiger charge is -2.33. The summed E-state index contributed by atoms with van der Waals surface area (Å²) in [5.74, 6) is 2.23. The van der Waals surface area contributed by atoms with Crippen LogP contribution in [0.1, 0.15) is 62.5 Å². The van der Waals surface area contributed by atoms with Gasteiger partial charge in [0, 0.05) is 35.6 Å². The van der Waals surface area contributed by atoms with Gasteiger partial charge in [0.05, 0.1) is 15.9 Å². The zero-order valence-corrected chi connectivity index (χ0v) is 27.9. The average Bonchev–Trinajstić information content (AvgIpc) is 3.65. The Morgan fingerprint density at radius 2 is 1.87 bits per heavy atom. The number of H-pyrrole nitrogens is 1. The molecule has 2 aromatic heterocycles. The third-order valence-electron chi connectivity index (χ3n) is 9.00. The second-order valence-corrected chi connectivity index (χ2v) is 15.2. The van der Waals surface area contributed by atoms with Crippen LogP contribution in [-0.2, 0) is 25.3 Å². The Labute approximate surface area is 272 Å². The highest BCUT2D eigenvalue weighted by Crippen LogP contribution is 2.43. The van der Waals surface area contributed by atoms with Crippen molar-refractivity contribution in [2.24, 2.45) is 12.5 Å². The van der Waals surface area contributed by atoms with Gasteiger partial charge in [-0.05, 0) is 103 Å². The van der Waals surface area contributed by atoms with Gasteiger partial charge in [0.2, 0.25) is 0 Å². The first-order valence-corrected chi connectivity index (χ1v) is 17.5. The van der Waals surface area contributed by atoms with E-state index in [-0.39, 0.29) is 17.8 Å². The number of aromatic nitrogens is 4. The second kappa shape index (κ2) is 12.9. The average molecular weight is 647 g/mol. The summed E-state index contributed by atoms with van der Waals surface area (Å²) in [5, 5.41) is 15.4. The third kappa shape index (κ3) is 6.58. The van der Waals surface area contributed by atoms with Crippen LogP contribution in [0.25, 0.3) is 22.3 Å². The molecule has 236 valence electrons. The Bertz CT molecular complexity index is 1830. The van der Waals surface area contributed by atoms with Gasteiger partial charge >= 0.3 is 0 Å². The van der Waals surface area contributed by atoms with E-state index in [1.165, 1.54) is 17.8 Å². The fourth-order valence-electron chi connectivity index (χ4n) is 6.21. The lowest BCUT2D eigenvalue weighted by atomic mass is 9.73. The quantitative estimate of drug-likeness (QED) is 0.205. The molecule has 45 heavy (non-hydrogen) atoms. The number of aliphatic hydroxyl groups excluding tert-OH is 1. The molecule has 3 aromatic carbocycles. The first-order valence-electron chi connectivity index (χ1n) is 15.5. The number of hydrogen-bond donors (Lipinski definition) is 2. The number of nitrogens with one attached hydrogen (secondary N) is 1. The van der Waals surface area contributed by atoms with Crippen LogP contribution in [0, 0.1) is 17.0 Å². The zero-order chi connectivity index (χ0) is 31.8. The number of aryl methyl sites for hydroxylation is 3. The summed E-state index contributed by atoms with van der Waals surface area (Å²) in [7, 11) is 1.81. The Kier molecular flexibility index (Phi) is 9.14. The number of benzene rings is 3. The molecule has 0 saturated heterocycles. The van der Waals surface area contributed by atoms with Gasteiger partial charge < -0.3 is 10.1 Å². The molecule has 5 nitrogen and oxygen atoms in total. The highest BCUT2D eigenvalue weighted by Gasteiger charge is 2.36. The smallest absolute Gasteiger partial charge is 0.161 e. The van der Waals surface area contributed by atoms with Crippen molar-refractivity contribution in [2.75, 3.05) is 18.1 Å². The fourth-order valence-corrected chi connectivity index (χ4v) is 8.44. The van der Waals surface area contributed by atoms with Crippen LogP contribution in [0.3, 0.4) is 0 Å². The molecule has 0 saturated carbocycles. The van der Waals surface area contributed by atoms with Crippen molar-refractivity contribution in [3.63, 3.8) is 0 Å². The van der Waals surface area contributed by atoms with Gasteiger partial charge in [0.25, 0.3) is 0 Å². The van der Waals surface area contributed by atoms with E-state index in [1.54, 1.807) is 29.9 Å². The minimum Gasteiger partial charge on any atom is -0.396 e. The van der Waals surface area contributed by atoms with E-state index in [4.69, 9.17) is 10.1 Å². The maximum Gasteiger partial charge on any atom is 0.161 e. The molecule has 5 aromatic rings. The maximum absolute atomic E-state index is 15.7. The van der Waals surface area contributed by atoms with Crippen LogP contribution in [0.5, 0.6) is 0 Å². The minimum atomic E-state index is -0.525. The van der Waals surface area contributed by atoms with E-state index in [0.29, 0.717) is 28.5 Å². The second-order valence-electron chi connectivity index (χ2n) is 13.1. The summed E-state index contributed by atoms with van der Waals surface area (Å²) in [6, 6.07) is 17.0. The van der Waals surface area contributed by atoms with Gasteiger partial charge in [-0.1, -0.05) is 49.9 Å². The maximum atomic E-state index is 15.7. The van der Waals surface area contributed by atoms with E-state index >= 15 is 8.78 Å². The van der Waals surface area contributed by atoms with Crippen molar-refractivity contribution < 1.29 is 13.9 Å². The number of fused-ring (bicyclic) bond motifs is 8. The van der Waals surface area contributed by atoms with E-state index < -0.39 is 11.2 Å². The van der Waals surface area contributed by atoms with Crippen molar-refractivity contribution in [1.29, 1.82) is 0 Å². The van der Waals surface area contributed by atoms with Crippen LogP contribution in [0.4, 0.5) is 8.78 Å². The largest absolute Gasteiger partial charge is 0.396 e. The summed E-state index contributed by atoms with van der Waals surface area (Å²) in [6.45, 7) is 6.95. The summed E-state index contributed by atoms with van der Waals surface area (Å²) >= 11 is 3.24. The van der Waals surface area contributed by atoms with Crippen LogP contribution in [0.2, 0.25) is 0 Å². The summed E-state index contributed by atoms with van der Waals surface area (Å²) in [5.41, 5.74) is 3.88. The van der Waals surface area contributed by atoms with E-state index in [2.05, 4.69) is 50.0 Å². The molecule has 1 aliphatic rings. The molecule has 1 aliphatic heterocycles. The first-order chi connectivity index (χ1) is 21.6. The molecule has 4 bridgehead atoms. The lowest BCUT2D eigenvalue weighted by molar-refractivity contribution is 0.288. The number of aromatic amines is 1. The summed E-state index contributed by atoms with van der Waals surface area (Å²) in [6.07, 6.45) is 5.81. The first kappa shape index (κ1) is 31.8. The Morgan fingerprint density at radius 3 is 2.69 bits per heavy atom. The number of nitrogens with zero attached hydrogens (tertiary/aromatic N) is 3. The van der Waals surface area contributed by atoms with Crippen molar-refractivity contribution >= 4 is 34.4 Å². The van der Waals surface area contributed by atoms with E-state index in [0.717, 1.165) is 69.7 Å². The molecule has 1 atom stereocenters. The molecule has 0 spiro atoms. The zero-order valence-electron chi connectivity index (χ0n) is 26.3. The van der Waals surface area contributed by atoms with Gasteiger partial charge in [-0.2, -0.15) is 16.9 Å². The number of rotatable bonds is 4. The highest BCUT2D eigenvalue weighted by molar-refractivity contribution is 7.99. The molecule has 2 N–H and O–H groups in total. The van der Waals surface area contributed by atoms with Crippen LogP contribution >= 0.6 is 23.5 Å². The fraction of sp³-hybridized carbons (Fsp3) is 0.389. The van der Waals surface area contributed by atoms with E-state index in [1.807, 2.05) is 24.0 Å².